The van der Waals surface area contributed by atoms with Crippen LogP contribution in [0, 0.1) is 11.3 Å². The maximum Gasteiger partial charge on any atom is 0.328 e. The van der Waals surface area contributed by atoms with Crippen LogP contribution in [0.1, 0.15) is 66.7 Å². The third-order valence-electron chi connectivity index (χ3n) is 7.03. The molecule has 0 saturated heterocycles. The molecule has 4 N–H and O–H groups in total. The first-order valence-corrected chi connectivity index (χ1v) is 11.1. The average molecular weight is 446 g/mol. The summed E-state index contributed by atoms with van der Waals surface area (Å²) in [4.78, 5) is 35.8. The van der Waals surface area contributed by atoms with Gasteiger partial charge in [0.2, 0.25) is 11.6 Å². The van der Waals surface area contributed by atoms with E-state index < -0.39 is 35.4 Å². The number of Topliss-reactive ketones (excluding diaryl/α,β-unsaturated/α-hetero) is 1. The number of aliphatic hydroxyl groups is 2. The molecule has 0 bridgehead atoms. The minimum Gasteiger partial charge on any atom is -0.505 e. The summed E-state index contributed by atoms with van der Waals surface area (Å²) in [5.74, 6) is -2.95. The van der Waals surface area contributed by atoms with Gasteiger partial charge in [0.1, 0.15) is 5.76 Å². The van der Waals surface area contributed by atoms with E-state index >= 15 is 0 Å². The minimum atomic E-state index is -1.43. The molecule has 7 nitrogen and oxygen atoms in total. The van der Waals surface area contributed by atoms with Gasteiger partial charge in [-0.2, -0.15) is 0 Å². The van der Waals surface area contributed by atoms with Crippen molar-refractivity contribution in [1.82, 2.24) is 5.32 Å². The maximum atomic E-state index is 12.3. The summed E-state index contributed by atoms with van der Waals surface area (Å²) in [5, 5.41) is 31.9. The number of aliphatic carboxylic acids is 1. The Kier molecular flexibility index (Phi) is 8.24. The third-order valence-corrected chi connectivity index (χ3v) is 7.03. The maximum absolute atomic E-state index is 12.3. The molecule has 2 rings (SSSR count). The number of hydrogen-bond donors (Lipinski definition) is 4. The zero-order chi connectivity index (χ0) is 24.2. The summed E-state index contributed by atoms with van der Waals surface area (Å²) in [6, 6.07) is -1.43. The number of allylic oxidation sites excluding steroid dienone is 6. The molecular weight excluding hydrogens is 410 g/mol. The van der Waals surface area contributed by atoms with Crippen LogP contribution in [-0.4, -0.2) is 45.0 Å². The van der Waals surface area contributed by atoms with Crippen molar-refractivity contribution >= 4 is 17.5 Å². The molecule has 0 saturated carbocycles. The first kappa shape index (κ1) is 25.6. The SMILES string of the molecule is CC(=CCC1=C(O)C(NC(C(=O)O)C(C)O)=CC(=O)C1=O)CCC1(C)CCC=C(C)C1C. The van der Waals surface area contributed by atoms with E-state index in [1.54, 1.807) is 0 Å². The quantitative estimate of drug-likeness (QED) is 0.242. The lowest BCUT2D eigenvalue weighted by molar-refractivity contribution is -0.141. The smallest absolute Gasteiger partial charge is 0.328 e. The van der Waals surface area contributed by atoms with E-state index in [1.807, 2.05) is 13.0 Å². The highest BCUT2D eigenvalue weighted by molar-refractivity contribution is 6.48. The number of carboxylic acids is 1. The fraction of sp³-hybridized carbons (Fsp3) is 0.560. The molecule has 0 aromatic rings. The molecule has 2 aliphatic carbocycles. The van der Waals surface area contributed by atoms with Crippen molar-refractivity contribution in [2.45, 2.75) is 78.9 Å². The van der Waals surface area contributed by atoms with Crippen LogP contribution in [0.25, 0.3) is 0 Å². The Morgan fingerprint density at radius 1 is 1.38 bits per heavy atom. The van der Waals surface area contributed by atoms with Crippen LogP contribution < -0.4 is 5.32 Å². The van der Waals surface area contributed by atoms with Crippen molar-refractivity contribution in [3.63, 3.8) is 0 Å². The van der Waals surface area contributed by atoms with E-state index in [2.05, 4.69) is 32.2 Å². The van der Waals surface area contributed by atoms with Gasteiger partial charge in [-0.3, -0.25) is 9.59 Å². The van der Waals surface area contributed by atoms with Gasteiger partial charge in [-0.05, 0) is 64.2 Å². The lowest BCUT2D eigenvalue weighted by Gasteiger charge is -2.40. The van der Waals surface area contributed by atoms with E-state index in [0.29, 0.717) is 5.92 Å². The molecule has 32 heavy (non-hydrogen) atoms. The van der Waals surface area contributed by atoms with Crippen LogP contribution in [0.3, 0.4) is 0 Å². The van der Waals surface area contributed by atoms with E-state index in [0.717, 1.165) is 37.3 Å². The largest absolute Gasteiger partial charge is 0.505 e. The fourth-order valence-corrected chi connectivity index (χ4v) is 4.31. The Balaban J connectivity index is 2.13. The summed E-state index contributed by atoms with van der Waals surface area (Å²) in [6.45, 7) is 9.99. The first-order chi connectivity index (χ1) is 14.9. The Morgan fingerprint density at radius 2 is 2.03 bits per heavy atom. The molecule has 0 aromatic heterocycles. The molecule has 7 heteroatoms. The van der Waals surface area contributed by atoms with Crippen LogP contribution >= 0.6 is 0 Å². The van der Waals surface area contributed by atoms with Crippen LogP contribution in [0.5, 0.6) is 0 Å². The molecule has 4 unspecified atom stereocenters. The Bertz CT molecular complexity index is 907. The fourth-order valence-electron chi connectivity index (χ4n) is 4.31. The standard InChI is InChI=1S/C25H35NO6/c1-14(10-12-25(5)11-6-7-15(2)16(25)3)8-9-18-22(29)19(13-20(28)23(18)30)26-21(17(4)27)24(31)32/h7-8,13,16-17,21,26-27,29H,6,9-12H2,1-5H3,(H,31,32). The third kappa shape index (κ3) is 5.76. The lowest BCUT2D eigenvalue weighted by atomic mass is 9.65. The van der Waals surface area contributed by atoms with Gasteiger partial charge in [-0.1, -0.05) is 37.1 Å². The number of carboxylic acid groups (broad SMARTS) is 1. The second kappa shape index (κ2) is 10.3. The summed E-state index contributed by atoms with van der Waals surface area (Å²) in [5.41, 5.74) is 2.44. The molecule has 0 spiro atoms. The molecule has 0 heterocycles. The van der Waals surface area contributed by atoms with Crippen molar-refractivity contribution in [2.24, 2.45) is 11.3 Å². The van der Waals surface area contributed by atoms with Crippen molar-refractivity contribution in [3.8, 4) is 0 Å². The van der Waals surface area contributed by atoms with Crippen LogP contribution in [0.4, 0.5) is 0 Å². The van der Waals surface area contributed by atoms with E-state index in [-0.39, 0.29) is 23.1 Å². The molecule has 176 valence electrons. The Hall–Kier alpha value is -2.67. The number of carbonyl (C=O) groups excluding carboxylic acids is 2. The number of nitrogens with one attached hydrogen (secondary N) is 1. The van der Waals surface area contributed by atoms with Crippen molar-refractivity contribution < 1.29 is 29.7 Å². The second-order valence-electron chi connectivity index (χ2n) is 9.40. The minimum absolute atomic E-state index is 0.0683. The van der Waals surface area contributed by atoms with Gasteiger partial charge in [0, 0.05) is 6.08 Å². The van der Waals surface area contributed by atoms with Crippen molar-refractivity contribution in [3.05, 3.63) is 46.4 Å². The molecule has 0 fully saturated rings. The molecule has 4 atom stereocenters. The zero-order valence-electron chi connectivity index (χ0n) is 19.6. The van der Waals surface area contributed by atoms with E-state index in [9.17, 15) is 29.7 Å². The van der Waals surface area contributed by atoms with Gasteiger partial charge in [0.05, 0.1) is 17.4 Å². The molecule has 0 amide bonds. The van der Waals surface area contributed by atoms with Crippen molar-refractivity contribution in [1.29, 1.82) is 0 Å². The number of ketones is 2. The Labute approximate surface area is 189 Å². The van der Waals surface area contributed by atoms with Crippen LogP contribution in [0.15, 0.2) is 46.4 Å². The molecule has 0 radical (unpaired) electrons. The van der Waals surface area contributed by atoms with E-state index in [1.165, 1.54) is 12.5 Å². The van der Waals surface area contributed by atoms with E-state index in [4.69, 9.17) is 0 Å². The predicted octanol–water partition coefficient (Wildman–Crippen LogP) is 3.76. The van der Waals surface area contributed by atoms with Gasteiger partial charge >= 0.3 is 5.97 Å². The molecule has 0 aliphatic heterocycles. The topological polar surface area (TPSA) is 124 Å². The number of rotatable bonds is 9. The zero-order valence-corrected chi connectivity index (χ0v) is 19.6. The predicted molar refractivity (Wildman–Crippen MR) is 122 cm³/mol. The normalized spacial score (nSPS) is 26.4. The van der Waals surface area contributed by atoms with Gasteiger partial charge in [0.15, 0.2) is 6.04 Å². The highest BCUT2D eigenvalue weighted by Gasteiger charge is 2.34. The van der Waals surface area contributed by atoms with Gasteiger partial charge in [-0.25, -0.2) is 4.79 Å². The Morgan fingerprint density at radius 3 is 2.62 bits per heavy atom. The van der Waals surface area contributed by atoms with Gasteiger partial charge in [0.25, 0.3) is 0 Å². The average Bonchev–Trinajstić information content (AvgIpc) is 2.71. The number of carbonyl (C=O) groups is 3. The summed E-state index contributed by atoms with van der Waals surface area (Å²) in [7, 11) is 0. The highest BCUT2D eigenvalue weighted by atomic mass is 16.4. The van der Waals surface area contributed by atoms with Crippen LogP contribution in [0.2, 0.25) is 0 Å². The van der Waals surface area contributed by atoms with Gasteiger partial charge < -0.3 is 20.6 Å². The molecule has 2 aliphatic rings. The summed E-state index contributed by atoms with van der Waals surface area (Å²) >= 11 is 0. The monoisotopic (exact) mass is 445 g/mol. The second-order valence-corrected chi connectivity index (χ2v) is 9.40. The van der Waals surface area contributed by atoms with Crippen LogP contribution in [-0.2, 0) is 14.4 Å². The summed E-state index contributed by atoms with van der Waals surface area (Å²) < 4.78 is 0. The lowest BCUT2D eigenvalue weighted by Crippen LogP contribution is -2.45. The van der Waals surface area contributed by atoms with Gasteiger partial charge in [-0.15, -0.1) is 0 Å². The number of aliphatic hydroxyl groups excluding tert-OH is 2. The first-order valence-electron chi connectivity index (χ1n) is 11.1. The number of hydrogen-bond acceptors (Lipinski definition) is 6. The molecular formula is C25H35NO6. The molecule has 0 aromatic carbocycles. The summed E-state index contributed by atoms with van der Waals surface area (Å²) in [6.07, 6.45) is 7.86. The highest BCUT2D eigenvalue weighted by Crippen LogP contribution is 2.45. The van der Waals surface area contributed by atoms with Crippen molar-refractivity contribution in [2.75, 3.05) is 0 Å².